The molecule has 6 heteroatoms. The van der Waals surface area contributed by atoms with Gasteiger partial charge in [-0.3, -0.25) is 0 Å². The molecule has 1 aromatic heterocycles. The number of hydrogen-bond donors (Lipinski definition) is 2. The van der Waals surface area contributed by atoms with Gasteiger partial charge in [0.15, 0.2) is 12.4 Å². The Bertz CT molecular complexity index is 2770. The third kappa shape index (κ3) is 5.68. The summed E-state index contributed by atoms with van der Waals surface area (Å²) in [6.07, 6.45) is 19.8. The second-order valence-electron chi connectivity index (χ2n) is 15.1. The van der Waals surface area contributed by atoms with Crippen LogP contribution in [0.4, 0.5) is 5.69 Å². The van der Waals surface area contributed by atoms with Gasteiger partial charge in [0.25, 0.3) is 0 Å². The Balaban J connectivity index is 0.943. The molecule has 55 heavy (non-hydrogen) atoms. The fraction of sp³-hybridized carbons (Fsp3) is 0.163. The molecule has 4 unspecified atom stereocenters. The molecule has 0 fully saturated rings. The molecule has 0 bridgehead atoms. The number of hydrogen-bond acceptors (Lipinski definition) is 6. The van der Waals surface area contributed by atoms with Crippen molar-refractivity contribution in [2.24, 2.45) is 21.8 Å². The zero-order chi connectivity index (χ0) is 36.3. The molecular weight excluding hydrogens is 675 g/mol. The molecular formula is C49H39N5O. The number of nitrogens with one attached hydrogen (secondary N) is 2. The Hall–Kier alpha value is -6.53. The minimum absolute atomic E-state index is 0.0639. The molecule has 266 valence electrons. The van der Waals surface area contributed by atoms with Crippen LogP contribution in [0.5, 0.6) is 5.75 Å². The summed E-state index contributed by atoms with van der Waals surface area (Å²) in [5, 5.41) is 13.2. The molecule has 3 aliphatic carbocycles. The van der Waals surface area contributed by atoms with Gasteiger partial charge in [-0.15, -0.1) is 0 Å². The first-order chi connectivity index (χ1) is 27.2. The van der Waals surface area contributed by atoms with Gasteiger partial charge in [-0.25, -0.2) is 15.0 Å². The lowest BCUT2D eigenvalue weighted by Crippen LogP contribution is -2.41. The first kappa shape index (κ1) is 31.9. The van der Waals surface area contributed by atoms with E-state index < -0.39 is 0 Å². The Morgan fingerprint density at radius 1 is 0.727 bits per heavy atom. The Morgan fingerprint density at radius 2 is 1.60 bits per heavy atom. The van der Waals surface area contributed by atoms with Gasteiger partial charge in [-0.1, -0.05) is 127 Å². The number of fused-ring (bicyclic) bond motifs is 7. The zero-order valence-electron chi connectivity index (χ0n) is 30.3. The predicted octanol–water partition coefficient (Wildman–Crippen LogP) is 11.0. The molecule has 0 saturated heterocycles. The SMILES string of the molecule is C1=CC2=CC(C3N=C(c4ccc5ccccc5c4)NC(C4C=CC(c5nc6ccccc6c6c7c(ccc56)OC(c5ccccc5)N7)=CC4)=N3)=CCC2CC1. The molecule has 6 aromatic rings. The Morgan fingerprint density at radius 3 is 2.51 bits per heavy atom. The van der Waals surface area contributed by atoms with E-state index in [1.54, 1.807) is 0 Å². The maximum absolute atomic E-state index is 6.46. The molecule has 2 N–H and O–H groups in total. The van der Waals surface area contributed by atoms with Gasteiger partial charge in [0, 0.05) is 33.2 Å². The van der Waals surface area contributed by atoms with Crippen LogP contribution in [0.15, 0.2) is 173 Å². The number of anilines is 1. The van der Waals surface area contributed by atoms with E-state index in [4.69, 9.17) is 19.7 Å². The first-order valence-corrected chi connectivity index (χ1v) is 19.4. The second-order valence-corrected chi connectivity index (χ2v) is 15.1. The fourth-order valence-corrected chi connectivity index (χ4v) is 8.79. The van der Waals surface area contributed by atoms with E-state index in [-0.39, 0.29) is 18.3 Å². The molecule has 5 aromatic carbocycles. The van der Waals surface area contributed by atoms with E-state index in [0.717, 1.165) is 86.4 Å². The molecule has 0 radical (unpaired) electrons. The lowest BCUT2D eigenvalue weighted by atomic mass is 9.81. The van der Waals surface area contributed by atoms with Crippen molar-refractivity contribution in [2.75, 3.05) is 5.32 Å². The van der Waals surface area contributed by atoms with E-state index in [1.165, 1.54) is 28.3 Å². The number of nitrogens with zero attached hydrogens (tertiary/aromatic N) is 3. The lowest BCUT2D eigenvalue weighted by molar-refractivity contribution is 0.260. The molecule has 3 heterocycles. The van der Waals surface area contributed by atoms with Crippen molar-refractivity contribution in [3.63, 3.8) is 0 Å². The third-order valence-corrected chi connectivity index (χ3v) is 11.7. The average molecular weight is 714 g/mol. The molecule has 2 aliphatic heterocycles. The molecule has 11 rings (SSSR count). The molecule has 0 saturated carbocycles. The Labute approximate surface area is 320 Å². The number of benzene rings is 5. The third-order valence-electron chi connectivity index (χ3n) is 11.7. The number of aromatic nitrogens is 1. The fourth-order valence-electron chi connectivity index (χ4n) is 8.79. The largest absolute Gasteiger partial charge is 0.464 e. The summed E-state index contributed by atoms with van der Waals surface area (Å²) in [5.41, 5.74) is 8.80. The van der Waals surface area contributed by atoms with Gasteiger partial charge in [0.2, 0.25) is 0 Å². The van der Waals surface area contributed by atoms with Crippen LogP contribution in [-0.4, -0.2) is 22.8 Å². The van der Waals surface area contributed by atoms with Gasteiger partial charge < -0.3 is 15.4 Å². The van der Waals surface area contributed by atoms with Crippen LogP contribution in [0.2, 0.25) is 0 Å². The second kappa shape index (κ2) is 13.1. The highest BCUT2D eigenvalue weighted by atomic mass is 16.5. The summed E-state index contributed by atoms with van der Waals surface area (Å²) in [4.78, 5) is 15.9. The zero-order valence-corrected chi connectivity index (χ0v) is 30.3. The van der Waals surface area contributed by atoms with Crippen molar-refractivity contribution in [2.45, 2.75) is 38.1 Å². The topological polar surface area (TPSA) is 70.9 Å². The normalized spacial score (nSPS) is 22.7. The van der Waals surface area contributed by atoms with E-state index >= 15 is 0 Å². The van der Waals surface area contributed by atoms with Gasteiger partial charge in [-0.05, 0) is 83.4 Å². The van der Waals surface area contributed by atoms with Crippen molar-refractivity contribution in [1.29, 1.82) is 0 Å². The number of para-hydroxylation sites is 1. The van der Waals surface area contributed by atoms with Crippen molar-refractivity contribution in [3.05, 3.63) is 180 Å². The monoisotopic (exact) mass is 713 g/mol. The highest BCUT2D eigenvalue weighted by Gasteiger charge is 2.30. The summed E-state index contributed by atoms with van der Waals surface area (Å²) >= 11 is 0. The summed E-state index contributed by atoms with van der Waals surface area (Å²) in [7, 11) is 0. The van der Waals surface area contributed by atoms with Crippen LogP contribution >= 0.6 is 0 Å². The number of ether oxygens (including phenoxy) is 1. The van der Waals surface area contributed by atoms with Crippen molar-refractivity contribution >= 4 is 55.4 Å². The minimum Gasteiger partial charge on any atom is -0.464 e. The number of allylic oxidation sites excluding steroid dienone is 7. The standard InChI is InChI=1S/C49H39N5O/c1-2-12-34(13-3-1)49-51-45-42(55-49)27-26-40-43(45)39-16-8-9-17-41(39)50-44(40)32-20-22-33(23-21-32)46-52-47(37-24-18-30-10-4-6-14-35(30)28-37)54-48(53-46)38-25-19-31-11-5-7-15-36(31)29-38/h1-4,6-10,12-18,20-22,24-29,31,33,48-49,51H,5,11,19,23H2,(H,52,53,54). The molecule has 0 spiro atoms. The van der Waals surface area contributed by atoms with Crippen LogP contribution in [0.25, 0.3) is 38.0 Å². The quantitative estimate of drug-likeness (QED) is 0.175. The number of amidine groups is 2. The molecule has 6 nitrogen and oxygen atoms in total. The van der Waals surface area contributed by atoms with Crippen molar-refractivity contribution in [1.82, 2.24) is 10.3 Å². The van der Waals surface area contributed by atoms with Gasteiger partial charge in [0.05, 0.1) is 16.9 Å². The van der Waals surface area contributed by atoms with Gasteiger partial charge in [-0.2, -0.15) is 0 Å². The van der Waals surface area contributed by atoms with Crippen LogP contribution < -0.4 is 15.4 Å². The Kier molecular flexibility index (Phi) is 7.61. The maximum Gasteiger partial charge on any atom is 0.196 e. The average Bonchev–Trinajstić information content (AvgIpc) is 3.71. The van der Waals surface area contributed by atoms with Gasteiger partial charge >= 0.3 is 0 Å². The molecule has 0 amide bonds. The van der Waals surface area contributed by atoms with E-state index in [2.05, 4.69) is 144 Å². The molecule has 4 atom stereocenters. The van der Waals surface area contributed by atoms with Crippen molar-refractivity contribution < 1.29 is 4.74 Å². The highest BCUT2D eigenvalue weighted by molar-refractivity contribution is 6.17. The lowest BCUT2D eigenvalue weighted by Gasteiger charge is -2.29. The minimum atomic E-state index is -0.303. The van der Waals surface area contributed by atoms with Crippen LogP contribution in [0.3, 0.4) is 0 Å². The maximum atomic E-state index is 6.46. The summed E-state index contributed by atoms with van der Waals surface area (Å²) in [5.74, 6) is 3.33. The van der Waals surface area contributed by atoms with E-state index in [9.17, 15) is 0 Å². The van der Waals surface area contributed by atoms with Crippen LogP contribution in [-0.2, 0) is 0 Å². The molecule has 5 aliphatic rings. The van der Waals surface area contributed by atoms with Crippen LogP contribution in [0.1, 0.15) is 48.7 Å². The summed E-state index contributed by atoms with van der Waals surface area (Å²) in [6.45, 7) is 0. The number of rotatable bonds is 5. The number of aliphatic imine (C=N–C) groups is 2. The first-order valence-electron chi connectivity index (χ1n) is 19.4. The predicted molar refractivity (Wildman–Crippen MR) is 225 cm³/mol. The van der Waals surface area contributed by atoms with Crippen molar-refractivity contribution in [3.8, 4) is 5.75 Å². The number of pyridine rings is 1. The summed E-state index contributed by atoms with van der Waals surface area (Å²) < 4.78 is 6.46. The van der Waals surface area contributed by atoms with E-state index in [0.29, 0.717) is 5.92 Å². The smallest absolute Gasteiger partial charge is 0.196 e. The van der Waals surface area contributed by atoms with Crippen LogP contribution in [0, 0.1) is 11.8 Å². The summed E-state index contributed by atoms with van der Waals surface area (Å²) in [6, 6.07) is 38.1. The highest BCUT2D eigenvalue weighted by Crippen LogP contribution is 2.47. The van der Waals surface area contributed by atoms with Gasteiger partial charge in [0.1, 0.15) is 17.4 Å². The van der Waals surface area contributed by atoms with E-state index in [1.807, 2.05) is 18.2 Å².